The molecule has 0 atom stereocenters. The Kier molecular flexibility index (Phi) is 16.4. The van der Waals surface area contributed by atoms with Gasteiger partial charge in [0.05, 0.1) is 69.1 Å². The average Bonchev–Trinajstić information content (AvgIpc) is 3.94. The number of hydrogen-bond acceptors (Lipinski definition) is 14. The third-order valence-corrected chi connectivity index (χ3v) is 8.25. The van der Waals surface area contributed by atoms with E-state index >= 15 is 0 Å². The number of fused-ring (bicyclic) bond motifs is 4. The molecule has 15 heteroatoms. The number of halogens is 1. The molecular weight excluding hydrogens is 740 g/mol. The molecule has 4 aromatic carbocycles. The zero-order valence-corrected chi connectivity index (χ0v) is 32.7. The summed E-state index contributed by atoms with van der Waals surface area (Å²) < 4.78 is 31.7. The van der Waals surface area contributed by atoms with Crippen LogP contribution in [0, 0.1) is 0 Å². The van der Waals surface area contributed by atoms with Crippen LogP contribution in [0.25, 0.3) is 32.8 Å². The molecule has 0 bridgehead atoms. The van der Waals surface area contributed by atoms with Crippen LogP contribution in [0.5, 0.6) is 40.2 Å². The molecule has 0 saturated heterocycles. The van der Waals surface area contributed by atoms with Gasteiger partial charge in [-0.25, -0.2) is 19.9 Å². The molecule has 0 spiro atoms. The average molecular weight is 789 g/mol. The van der Waals surface area contributed by atoms with Crippen LogP contribution in [0.1, 0.15) is 40.7 Å². The predicted molar refractivity (Wildman–Crippen MR) is 223 cm³/mol. The lowest BCUT2D eigenvalue weighted by Gasteiger charge is -2.12. The third kappa shape index (κ3) is 9.63. The molecule has 0 amide bonds. The van der Waals surface area contributed by atoms with Crippen molar-refractivity contribution in [1.29, 1.82) is 0 Å². The van der Waals surface area contributed by atoms with Gasteiger partial charge in [-0.3, -0.25) is 0 Å². The molecule has 7 aromatic rings. The summed E-state index contributed by atoms with van der Waals surface area (Å²) in [5.41, 5.74) is 9.73. The van der Waals surface area contributed by atoms with Crippen LogP contribution < -0.4 is 34.7 Å². The summed E-state index contributed by atoms with van der Waals surface area (Å²) in [7, 11) is 6.30. The van der Waals surface area contributed by atoms with Crippen LogP contribution in [-0.2, 0) is 6.42 Å². The Labute approximate surface area is 331 Å². The summed E-state index contributed by atoms with van der Waals surface area (Å²) in [5.74, 6) is 4.11. The molecule has 14 nitrogen and oxygen atoms in total. The highest BCUT2D eigenvalue weighted by molar-refractivity contribution is 6.34. The highest BCUT2D eigenvalue weighted by Crippen LogP contribution is 2.39. The van der Waals surface area contributed by atoms with Gasteiger partial charge in [0.25, 0.3) is 0 Å². The molecule has 1 aliphatic rings. The fourth-order valence-electron chi connectivity index (χ4n) is 5.41. The summed E-state index contributed by atoms with van der Waals surface area (Å²) >= 11 is 5.93. The predicted octanol–water partition coefficient (Wildman–Crippen LogP) is 9.74. The summed E-state index contributed by atoms with van der Waals surface area (Å²) in [4.78, 5) is 16.6. The van der Waals surface area contributed by atoms with Crippen molar-refractivity contribution in [2.75, 3.05) is 46.1 Å². The Morgan fingerprint density at radius 2 is 1.25 bits per heavy atom. The lowest BCUT2D eigenvalue weighted by molar-refractivity contribution is 0.356. The van der Waals surface area contributed by atoms with E-state index in [0.29, 0.717) is 74.2 Å². The lowest BCUT2D eigenvalue weighted by Crippen LogP contribution is -1.98. The number of rotatable bonds is 6. The van der Waals surface area contributed by atoms with Crippen molar-refractivity contribution in [2.45, 2.75) is 41.5 Å². The minimum Gasteiger partial charge on any atom is -0.508 e. The van der Waals surface area contributed by atoms with Crippen molar-refractivity contribution in [3.05, 3.63) is 84.2 Å². The number of nitrogens with zero attached hydrogens (tertiary/aromatic N) is 4. The van der Waals surface area contributed by atoms with Gasteiger partial charge in [-0.1, -0.05) is 46.7 Å². The summed E-state index contributed by atoms with van der Waals surface area (Å²) in [5, 5.41) is 25.0. The first-order valence-corrected chi connectivity index (χ1v) is 17.7. The highest BCUT2D eigenvalue weighted by Gasteiger charge is 2.18. The second-order valence-corrected chi connectivity index (χ2v) is 11.2. The van der Waals surface area contributed by atoms with Crippen molar-refractivity contribution in [3.8, 4) is 40.2 Å². The maximum Gasteiger partial charge on any atom is 0.162 e. The molecule has 0 saturated carbocycles. The van der Waals surface area contributed by atoms with Gasteiger partial charge >= 0.3 is 0 Å². The molecule has 56 heavy (non-hydrogen) atoms. The first-order chi connectivity index (χ1) is 26.8. The number of anilines is 3. The fraction of sp³-hybridized carbons (Fsp3) is 0.268. The zero-order chi connectivity index (χ0) is 40.1. The van der Waals surface area contributed by atoms with Gasteiger partial charge in [-0.2, -0.15) is 0 Å². The van der Waals surface area contributed by atoms with Crippen LogP contribution >= 0.6 is 11.6 Å². The normalized spacial score (nSPS) is 10.7. The van der Waals surface area contributed by atoms with E-state index in [1.165, 1.54) is 18.9 Å². The minimum absolute atomic E-state index is 0. The third-order valence-electron chi connectivity index (χ3n) is 7.94. The number of phenols is 2. The van der Waals surface area contributed by atoms with Crippen molar-refractivity contribution in [1.82, 2.24) is 19.9 Å². The quantitative estimate of drug-likeness (QED) is 0.0708. The summed E-state index contributed by atoms with van der Waals surface area (Å²) in [6.07, 6.45) is 5.17. The lowest BCUT2D eigenvalue weighted by atomic mass is 10.1. The first kappa shape index (κ1) is 44.0. The second-order valence-electron chi connectivity index (χ2n) is 10.8. The number of nitrogen functional groups attached to an aromatic ring is 1. The molecule has 3 aromatic heterocycles. The van der Waals surface area contributed by atoms with Gasteiger partial charge in [0.15, 0.2) is 28.6 Å². The molecule has 298 valence electrons. The van der Waals surface area contributed by atoms with Gasteiger partial charge in [0.1, 0.15) is 40.9 Å². The monoisotopic (exact) mass is 788 g/mol. The number of methoxy groups -OCH3 is 4. The summed E-state index contributed by atoms with van der Waals surface area (Å²) in [6, 6.07) is 15.4. The molecule has 1 aliphatic heterocycles. The number of phenolic OH excluding ortho intramolecular Hbond substituents is 2. The van der Waals surface area contributed by atoms with E-state index in [4.69, 9.17) is 45.4 Å². The van der Waals surface area contributed by atoms with Crippen LogP contribution in [0.2, 0.25) is 5.15 Å². The molecule has 8 rings (SSSR count). The first-order valence-electron chi connectivity index (χ1n) is 17.3. The van der Waals surface area contributed by atoms with E-state index < -0.39 is 0 Å². The van der Waals surface area contributed by atoms with Gasteiger partial charge in [-0.15, -0.1) is 0 Å². The number of aromatic nitrogens is 4. The maximum atomic E-state index is 9.90. The van der Waals surface area contributed by atoms with Crippen molar-refractivity contribution in [2.24, 2.45) is 0 Å². The number of ether oxygens (including phenoxy) is 5. The number of aromatic hydroxyl groups is 2. The Morgan fingerprint density at radius 1 is 0.696 bits per heavy atom. The smallest absolute Gasteiger partial charge is 0.162 e. The highest BCUT2D eigenvalue weighted by atomic mass is 35.5. The van der Waals surface area contributed by atoms with E-state index in [2.05, 4.69) is 25.3 Å². The van der Waals surface area contributed by atoms with E-state index in [1.54, 1.807) is 77.0 Å². The van der Waals surface area contributed by atoms with Crippen LogP contribution in [0.3, 0.4) is 0 Å². The topological polar surface area (TPSA) is 189 Å². The molecule has 4 heterocycles. The SMILES string of the molecule is C.CC.CC.COc1cc2ncnc(Cl)c2cc1OC.COc1cc2ncnc(Nc3ccc(O)c4ccoc34)c2cc1OC.Nc1ccc(O)c2c1OCC2. The number of nitrogens with one attached hydrogen (secondary N) is 1. The van der Waals surface area contributed by atoms with Gasteiger partial charge in [0.2, 0.25) is 0 Å². The van der Waals surface area contributed by atoms with Crippen molar-refractivity contribution in [3.63, 3.8) is 0 Å². The Hall–Kier alpha value is -6.41. The van der Waals surface area contributed by atoms with E-state index in [0.717, 1.165) is 28.3 Å². The molecular formula is C41H49ClN6O8. The Balaban J connectivity index is 0.000000232. The largest absolute Gasteiger partial charge is 0.508 e. The number of benzene rings is 4. The van der Waals surface area contributed by atoms with Gasteiger partial charge < -0.3 is 49.4 Å². The Bertz CT molecular complexity index is 2330. The number of hydrogen-bond donors (Lipinski definition) is 4. The van der Waals surface area contributed by atoms with Crippen molar-refractivity contribution >= 4 is 61.6 Å². The maximum absolute atomic E-state index is 9.90. The summed E-state index contributed by atoms with van der Waals surface area (Å²) in [6.45, 7) is 8.62. The zero-order valence-electron chi connectivity index (χ0n) is 31.9. The van der Waals surface area contributed by atoms with E-state index in [9.17, 15) is 10.2 Å². The number of furan rings is 1. The molecule has 0 radical (unpaired) electrons. The minimum atomic E-state index is 0. The van der Waals surface area contributed by atoms with Gasteiger partial charge in [-0.05, 0) is 42.5 Å². The molecule has 0 aliphatic carbocycles. The number of nitrogens with two attached hydrogens (primary N) is 1. The molecule has 5 N–H and O–H groups in total. The van der Waals surface area contributed by atoms with Crippen molar-refractivity contribution < 1.29 is 38.3 Å². The molecule has 0 unspecified atom stereocenters. The van der Waals surface area contributed by atoms with Crippen LogP contribution in [0.15, 0.2) is 77.9 Å². The van der Waals surface area contributed by atoms with Crippen LogP contribution in [0.4, 0.5) is 17.2 Å². The second kappa shape index (κ2) is 20.9. The van der Waals surface area contributed by atoms with E-state index in [1.807, 2.05) is 33.8 Å². The fourth-order valence-corrected chi connectivity index (χ4v) is 5.61. The standard InChI is InChI=1S/C18H15N3O4.C10H9ClN2O2.C8H9NO2.2C2H6.CH4/c1-23-15-7-11-13(8-16(15)24-2)19-9-20-18(11)21-12-3-4-14(22)10-5-6-25-17(10)12;1-14-8-3-6-7(4-9(8)15-2)12-5-13-10(6)11;9-6-1-2-7(10)5-3-4-11-8(5)6;2*1-2;/h3-9,22H,1-2H3,(H,19,20,21);3-5H,1-2H3;1-2,10H,3-4,9H2;2*1-2H3;1H4. The van der Waals surface area contributed by atoms with Crippen LogP contribution in [-0.4, -0.2) is 65.2 Å². The molecule has 0 fully saturated rings. The Morgan fingerprint density at radius 3 is 1.86 bits per heavy atom. The van der Waals surface area contributed by atoms with Gasteiger partial charge in [0, 0.05) is 34.9 Å². The van der Waals surface area contributed by atoms with E-state index in [-0.39, 0.29) is 18.9 Å².